The van der Waals surface area contributed by atoms with Crippen LogP contribution in [-0.2, 0) is 26.0 Å². The lowest BCUT2D eigenvalue weighted by atomic mass is 10.1. The summed E-state index contributed by atoms with van der Waals surface area (Å²) in [5, 5.41) is 10.7. The predicted molar refractivity (Wildman–Crippen MR) is 136 cm³/mol. The van der Waals surface area contributed by atoms with Gasteiger partial charge in [-0.25, -0.2) is 13.8 Å². The molecule has 0 aliphatic carbocycles. The van der Waals surface area contributed by atoms with Crippen molar-refractivity contribution in [2.24, 2.45) is 0 Å². The second-order valence-electron chi connectivity index (χ2n) is 7.61. The Bertz CT molecular complexity index is 1230. The number of hydroxylamine groups is 1. The zero-order valence-electron chi connectivity index (χ0n) is 19.8. The van der Waals surface area contributed by atoms with Crippen LogP contribution in [0.5, 0.6) is 5.75 Å². The zero-order chi connectivity index (χ0) is 26.7. The third kappa shape index (κ3) is 9.00. The molecule has 0 aliphatic heterocycles. The summed E-state index contributed by atoms with van der Waals surface area (Å²) in [6.45, 7) is 3.71. The molecule has 0 bridgehead atoms. The van der Waals surface area contributed by atoms with Crippen LogP contribution < -0.4 is 14.9 Å². The lowest BCUT2D eigenvalue weighted by Gasteiger charge is -2.23. The summed E-state index contributed by atoms with van der Waals surface area (Å²) >= 11 is 11.8. The molecule has 0 spiro atoms. The number of nitrogens with zero attached hydrogens (tertiary/aromatic N) is 1. The third-order valence-electron chi connectivity index (χ3n) is 4.85. The third-order valence-corrected chi connectivity index (χ3v) is 7.08. The van der Waals surface area contributed by atoms with Crippen LogP contribution in [0, 0.1) is 11.8 Å². The summed E-state index contributed by atoms with van der Waals surface area (Å²) < 4.78 is 33.5. The first-order valence-corrected chi connectivity index (χ1v) is 13.2. The van der Waals surface area contributed by atoms with E-state index < -0.39 is 27.9 Å². The maximum absolute atomic E-state index is 12.9. The van der Waals surface area contributed by atoms with Crippen LogP contribution in [0.3, 0.4) is 0 Å². The molecular formula is C24H27Cl2N3O6S. The standard InChI is InChI=1S/C24H27Cl2N3O6S/c1-3-5-7-22(28-36(33,34)19-11-9-18(10-12-19)35-14-6-4-2)24(31)29(32)27-23(30)16-17-8-13-20(25)21(26)15-17/h8-13,15,22,28,32H,3,5,7,14,16H2,1-2H3,(H,27,30)/t22-/m1/s1. The van der Waals surface area contributed by atoms with Crippen molar-refractivity contribution in [1.29, 1.82) is 0 Å². The minimum atomic E-state index is -4.13. The van der Waals surface area contributed by atoms with E-state index in [-0.39, 0.29) is 34.5 Å². The van der Waals surface area contributed by atoms with Gasteiger partial charge in [-0.2, -0.15) is 4.72 Å². The molecule has 2 aromatic carbocycles. The minimum Gasteiger partial charge on any atom is -0.481 e. The van der Waals surface area contributed by atoms with Gasteiger partial charge >= 0.3 is 0 Å². The van der Waals surface area contributed by atoms with Crippen molar-refractivity contribution >= 4 is 45.0 Å². The van der Waals surface area contributed by atoms with E-state index in [0.29, 0.717) is 29.2 Å². The fourth-order valence-electron chi connectivity index (χ4n) is 3.00. The molecule has 0 aliphatic rings. The van der Waals surface area contributed by atoms with Crippen molar-refractivity contribution < 1.29 is 28.0 Å². The van der Waals surface area contributed by atoms with Crippen molar-refractivity contribution in [3.05, 3.63) is 58.1 Å². The second kappa shape index (κ2) is 14.1. The van der Waals surface area contributed by atoms with E-state index in [9.17, 15) is 23.2 Å². The van der Waals surface area contributed by atoms with Crippen LogP contribution in [-0.4, -0.2) is 43.3 Å². The van der Waals surface area contributed by atoms with E-state index in [4.69, 9.17) is 27.9 Å². The van der Waals surface area contributed by atoms with Gasteiger partial charge in [0.05, 0.1) is 21.4 Å². The quantitative estimate of drug-likeness (QED) is 0.220. The Kier molecular flexibility index (Phi) is 11.5. The number of amides is 2. The topological polar surface area (TPSA) is 125 Å². The molecule has 0 unspecified atom stereocenters. The van der Waals surface area contributed by atoms with Crippen LogP contribution in [0.1, 0.15) is 38.7 Å². The number of unbranched alkanes of at least 4 members (excludes halogenated alkanes) is 1. The summed E-state index contributed by atoms with van der Waals surface area (Å²) in [7, 11) is -4.13. The number of benzene rings is 2. The highest BCUT2D eigenvalue weighted by Gasteiger charge is 2.29. The van der Waals surface area contributed by atoms with Gasteiger partial charge in [-0.15, -0.1) is 11.1 Å². The van der Waals surface area contributed by atoms with Crippen molar-refractivity contribution in [2.75, 3.05) is 6.61 Å². The summed E-state index contributed by atoms with van der Waals surface area (Å²) in [6, 6.07) is 8.85. The van der Waals surface area contributed by atoms with Gasteiger partial charge in [-0.3, -0.25) is 14.8 Å². The van der Waals surface area contributed by atoms with Gasteiger partial charge in [-0.05, 0) is 55.3 Å². The number of hydrogen-bond acceptors (Lipinski definition) is 6. The Balaban J connectivity index is 2.07. The first-order valence-electron chi connectivity index (χ1n) is 11.0. The SMILES string of the molecule is CC#CCOc1ccc(S(=O)(=O)N[C@H](CCCC)C(=O)N(O)NC(=O)Cc2ccc(Cl)c(Cl)c2)cc1. The highest BCUT2D eigenvalue weighted by Crippen LogP contribution is 2.23. The Hall–Kier alpha value is -2.81. The molecule has 0 fully saturated rings. The van der Waals surface area contributed by atoms with Gasteiger partial charge in [0.1, 0.15) is 18.4 Å². The number of halogens is 2. The molecule has 36 heavy (non-hydrogen) atoms. The predicted octanol–water partition coefficient (Wildman–Crippen LogP) is 3.72. The summed E-state index contributed by atoms with van der Waals surface area (Å²) in [5.41, 5.74) is 2.54. The van der Waals surface area contributed by atoms with Gasteiger partial charge < -0.3 is 4.74 Å². The summed E-state index contributed by atoms with van der Waals surface area (Å²) in [5.74, 6) is 4.10. The van der Waals surface area contributed by atoms with Crippen molar-refractivity contribution in [2.45, 2.75) is 50.5 Å². The maximum Gasteiger partial charge on any atom is 0.284 e. The van der Waals surface area contributed by atoms with E-state index >= 15 is 0 Å². The molecule has 2 rings (SSSR count). The monoisotopic (exact) mass is 555 g/mol. The number of carbonyl (C=O) groups is 2. The molecule has 194 valence electrons. The average molecular weight is 556 g/mol. The maximum atomic E-state index is 12.9. The Morgan fingerprint density at radius 1 is 1.14 bits per heavy atom. The van der Waals surface area contributed by atoms with Gasteiger partial charge in [0, 0.05) is 0 Å². The zero-order valence-corrected chi connectivity index (χ0v) is 22.1. The molecule has 0 aromatic heterocycles. The van der Waals surface area contributed by atoms with Crippen molar-refractivity contribution in [3.8, 4) is 17.6 Å². The Morgan fingerprint density at radius 3 is 2.44 bits per heavy atom. The van der Waals surface area contributed by atoms with Crippen LogP contribution >= 0.6 is 23.2 Å². The lowest BCUT2D eigenvalue weighted by molar-refractivity contribution is -0.185. The highest BCUT2D eigenvalue weighted by molar-refractivity contribution is 7.89. The summed E-state index contributed by atoms with van der Waals surface area (Å²) in [6.07, 6.45) is 1.07. The van der Waals surface area contributed by atoms with Crippen molar-refractivity contribution in [1.82, 2.24) is 15.3 Å². The summed E-state index contributed by atoms with van der Waals surface area (Å²) in [4.78, 5) is 25.0. The second-order valence-corrected chi connectivity index (χ2v) is 10.1. The number of ether oxygens (including phenoxy) is 1. The van der Waals surface area contributed by atoms with Crippen LogP contribution in [0.2, 0.25) is 10.0 Å². The number of rotatable bonds is 11. The molecule has 0 saturated carbocycles. The van der Waals surface area contributed by atoms with E-state index in [1.807, 2.05) is 12.3 Å². The van der Waals surface area contributed by atoms with Crippen LogP contribution in [0.4, 0.5) is 0 Å². The number of hydrazine groups is 1. The van der Waals surface area contributed by atoms with E-state index in [1.165, 1.54) is 36.4 Å². The fraction of sp³-hybridized carbons (Fsp3) is 0.333. The molecule has 2 aromatic rings. The Labute approximate surface area is 220 Å². The Morgan fingerprint density at radius 2 is 1.83 bits per heavy atom. The van der Waals surface area contributed by atoms with E-state index in [0.717, 1.165) is 0 Å². The van der Waals surface area contributed by atoms with Crippen LogP contribution in [0.15, 0.2) is 47.4 Å². The molecule has 0 saturated heterocycles. The largest absolute Gasteiger partial charge is 0.481 e. The smallest absolute Gasteiger partial charge is 0.284 e. The first-order chi connectivity index (χ1) is 17.1. The lowest BCUT2D eigenvalue weighted by Crippen LogP contribution is -2.53. The molecule has 9 nitrogen and oxygen atoms in total. The average Bonchev–Trinajstić information content (AvgIpc) is 2.84. The minimum absolute atomic E-state index is 0.00555. The normalized spacial score (nSPS) is 11.7. The number of sulfonamides is 1. The van der Waals surface area contributed by atoms with Gasteiger partial charge in [0.25, 0.3) is 5.91 Å². The molecule has 3 N–H and O–H groups in total. The molecule has 2 amide bonds. The highest BCUT2D eigenvalue weighted by atomic mass is 35.5. The van der Waals surface area contributed by atoms with Crippen LogP contribution in [0.25, 0.3) is 0 Å². The van der Waals surface area contributed by atoms with Gasteiger partial charge in [0.15, 0.2) is 0 Å². The number of hydrogen-bond donors (Lipinski definition) is 3. The fourth-order valence-corrected chi connectivity index (χ4v) is 4.54. The molecule has 0 heterocycles. The van der Waals surface area contributed by atoms with Gasteiger partial charge in [-0.1, -0.05) is 55.0 Å². The molecule has 0 radical (unpaired) electrons. The molecule has 1 atom stereocenters. The van der Waals surface area contributed by atoms with Gasteiger partial charge in [0.2, 0.25) is 15.9 Å². The number of carbonyl (C=O) groups excluding carboxylic acids is 2. The number of nitrogens with one attached hydrogen (secondary N) is 2. The van der Waals surface area contributed by atoms with E-state index in [2.05, 4.69) is 16.6 Å². The van der Waals surface area contributed by atoms with E-state index in [1.54, 1.807) is 13.0 Å². The van der Waals surface area contributed by atoms with Crippen molar-refractivity contribution in [3.63, 3.8) is 0 Å². The molecular weight excluding hydrogens is 529 g/mol. The first kappa shape index (κ1) is 29.4. The molecule has 12 heteroatoms.